The maximum Gasteiger partial charge on any atom is 0.328 e. The summed E-state index contributed by atoms with van der Waals surface area (Å²) >= 11 is 0. The first-order chi connectivity index (χ1) is 8.56. The molecule has 0 radical (unpaired) electrons. The summed E-state index contributed by atoms with van der Waals surface area (Å²) in [6.45, 7) is 5.48. The van der Waals surface area contributed by atoms with Crippen molar-refractivity contribution < 1.29 is 19.4 Å². The Kier molecular flexibility index (Phi) is 4.99. The summed E-state index contributed by atoms with van der Waals surface area (Å²) in [7, 11) is 1.55. The number of methoxy groups -OCH3 is 1. The largest absolute Gasteiger partial charge is 0.497 e. The lowest BCUT2D eigenvalue weighted by atomic mass is 10.1. The Labute approximate surface area is 106 Å². The predicted octanol–water partition coefficient (Wildman–Crippen LogP) is 2.75. The smallest absolute Gasteiger partial charge is 0.328 e. The minimum absolute atomic E-state index is 0.157. The fourth-order valence-electron chi connectivity index (χ4n) is 1.30. The van der Waals surface area contributed by atoms with E-state index in [2.05, 4.69) is 6.58 Å². The van der Waals surface area contributed by atoms with Crippen LogP contribution < -0.4 is 9.47 Å². The first-order valence-corrected chi connectivity index (χ1v) is 5.45. The first-order valence-electron chi connectivity index (χ1n) is 5.45. The highest BCUT2D eigenvalue weighted by Gasteiger charge is 2.06. The molecule has 1 aromatic rings. The van der Waals surface area contributed by atoms with Crippen molar-refractivity contribution in [3.8, 4) is 11.5 Å². The van der Waals surface area contributed by atoms with Gasteiger partial charge < -0.3 is 14.6 Å². The number of aliphatic carboxylic acids is 1. The average Bonchev–Trinajstić information content (AvgIpc) is 2.37. The molecule has 0 aliphatic heterocycles. The van der Waals surface area contributed by atoms with Crippen LogP contribution in [0.2, 0.25) is 0 Å². The highest BCUT2D eigenvalue weighted by atomic mass is 16.5. The molecule has 1 atom stereocenters. The van der Waals surface area contributed by atoms with Gasteiger partial charge in [-0.3, -0.25) is 0 Å². The fraction of sp³-hybridized carbons (Fsp3) is 0.214. The van der Waals surface area contributed by atoms with E-state index in [0.717, 1.165) is 6.08 Å². The first kappa shape index (κ1) is 13.8. The molecule has 0 aromatic heterocycles. The number of hydrogen-bond acceptors (Lipinski definition) is 3. The van der Waals surface area contributed by atoms with E-state index in [0.29, 0.717) is 17.1 Å². The molecule has 0 bridgehead atoms. The quantitative estimate of drug-likeness (QED) is 0.621. The van der Waals surface area contributed by atoms with Crippen molar-refractivity contribution in [3.05, 3.63) is 42.5 Å². The van der Waals surface area contributed by atoms with Crippen molar-refractivity contribution in [1.29, 1.82) is 0 Å². The molecular formula is C14H16O4. The van der Waals surface area contributed by atoms with Crippen molar-refractivity contribution in [2.45, 2.75) is 13.0 Å². The maximum absolute atomic E-state index is 10.5. The van der Waals surface area contributed by atoms with Gasteiger partial charge in [0.2, 0.25) is 0 Å². The van der Waals surface area contributed by atoms with Crippen molar-refractivity contribution in [1.82, 2.24) is 0 Å². The summed E-state index contributed by atoms with van der Waals surface area (Å²) in [5, 5.41) is 8.65. The molecule has 0 heterocycles. The molecular weight excluding hydrogens is 232 g/mol. The van der Waals surface area contributed by atoms with E-state index >= 15 is 0 Å². The summed E-state index contributed by atoms with van der Waals surface area (Å²) in [5.74, 6) is 0.208. The van der Waals surface area contributed by atoms with Gasteiger partial charge in [-0.25, -0.2) is 4.79 Å². The third-order valence-electron chi connectivity index (χ3n) is 2.27. The number of ether oxygens (including phenoxy) is 2. The lowest BCUT2D eigenvalue weighted by molar-refractivity contribution is -0.131. The summed E-state index contributed by atoms with van der Waals surface area (Å²) in [4.78, 5) is 10.5. The second-order valence-corrected chi connectivity index (χ2v) is 3.63. The normalized spacial score (nSPS) is 12.1. The van der Waals surface area contributed by atoms with Gasteiger partial charge in [0.1, 0.15) is 17.6 Å². The standard InChI is InChI=1S/C14H16O4/c1-4-10(2)18-13-7-6-12(17-3)9-11(13)5-8-14(15)16/h4-10H,1H2,2-3H3,(H,15,16). The monoisotopic (exact) mass is 248 g/mol. The van der Waals surface area contributed by atoms with E-state index in [1.54, 1.807) is 31.4 Å². The molecule has 4 nitrogen and oxygen atoms in total. The van der Waals surface area contributed by atoms with E-state index in [1.807, 2.05) is 6.92 Å². The van der Waals surface area contributed by atoms with Gasteiger partial charge in [-0.05, 0) is 31.2 Å². The molecule has 0 spiro atoms. The summed E-state index contributed by atoms with van der Waals surface area (Å²) in [6, 6.07) is 5.20. The Bertz CT molecular complexity index is 463. The van der Waals surface area contributed by atoms with Crippen LogP contribution in [-0.4, -0.2) is 24.3 Å². The van der Waals surface area contributed by atoms with Gasteiger partial charge in [0.15, 0.2) is 0 Å². The molecule has 1 rings (SSSR count). The summed E-state index contributed by atoms with van der Waals surface area (Å²) in [5.41, 5.74) is 0.644. The van der Waals surface area contributed by atoms with Crippen LogP contribution in [0.3, 0.4) is 0 Å². The van der Waals surface area contributed by atoms with E-state index < -0.39 is 5.97 Å². The predicted molar refractivity (Wildman–Crippen MR) is 70.0 cm³/mol. The lowest BCUT2D eigenvalue weighted by Gasteiger charge is -2.13. The van der Waals surface area contributed by atoms with Gasteiger partial charge in [-0.15, -0.1) is 0 Å². The van der Waals surface area contributed by atoms with Crippen LogP contribution in [0.5, 0.6) is 11.5 Å². The minimum Gasteiger partial charge on any atom is -0.497 e. The summed E-state index contributed by atoms with van der Waals surface area (Å²) in [6.07, 6.45) is 4.03. The molecule has 96 valence electrons. The molecule has 0 fully saturated rings. The molecule has 1 unspecified atom stereocenters. The number of carboxylic acid groups (broad SMARTS) is 1. The molecule has 0 aliphatic rings. The highest BCUT2D eigenvalue weighted by molar-refractivity contribution is 5.86. The van der Waals surface area contributed by atoms with Gasteiger partial charge in [0.25, 0.3) is 0 Å². The Morgan fingerprint density at radius 2 is 2.22 bits per heavy atom. The Morgan fingerprint density at radius 1 is 1.50 bits per heavy atom. The van der Waals surface area contributed by atoms with Crippen molar-refractivity contribution >= 4 is 12.0 Å². The van der Waals surface area contributed by atoms with Crippen molar-refractivity contribution in [2.24, 2.45) is 0 Å². The second kappa shape index (κ2) is 6.49. The van der Waals surface area contributed by atoms with E-state index in [1.165, 1.54) is 6.08 Å². The van der Waals surface area contributed by atoms with Crippen LogP contribution in [0, 0.1) is 0 Å². The lowest BCUT2D eigenvalue weighted by Crippen LogP contribution is -2.08. The summed E-state index contributed by atoms with van der Waals surface area (Å²) < 4.78 is 10.7. The van der Waals surface area contributed by atoms with Gasteiger partial charge >= 0.3 is 5.97 Å². The van der Waals surface area contributed by atoms with Crippen LogP contribution in [-0.2, 0) is 4.79 Å². The van der Waals surface area contributed by atoms with E-state index in [9.17, 15) is 4.79 Å². The fourth-order valence-corrected chi connectivity index (χ4v) is 1.30. The average molecular weight is 248 g/mol. The third-order valence-corrected chi connectivity index (χ3v) is 2.27. The minimum atomic E-state index is -1.01. The molecule has 0 aliphatic carbocycles. The van der Waals surface area contributed by atoms with E-state index in [-0.39, 0.29) is 6.10 Å². The van der Waals surface area contributed by atoms with Crippen LogP contribution in [0.4, 0.5) is 0 Å². The van der Waals surface area contributed by atoms with Crippen LogP contribution in [0.1, 0.15) is 12.5 Å². The van der Waals surface area contributed by atoms with Gasteiger partial charge in [-0.2, -0.15) is 0 Å². The zero-order chi connectivity index (χ0) is 13.5. The zero-order valence-electron chi connectivity index (χ0n) is 10.4. The zero-order valence-corrected chi connectivity index (χ0v) is 10.4. The Morgan fingerprint density at radius 3 is 2.78 bits per heavy atom. The third kappa shape index (κ3) is 3.97. The van der Waals surface area contributed by atoms with Crippen molar-refractivity contribution in [2.75, 3.05) is 7.11 Å². The van der Waals surface area contributed by atoms with Crippen LogP contribution in [0.15, 0.2) is 36.9 Å². The van der Waals surface area contributed by atoms with Gasteiger partial charge in [0.05, 0.1) is 7.11 Å². The molecule has 1 N–H and O–H groups in total. The van der Waals surface area contributed by atoms with Gasteiger partial charge in [-0.1, -0.05) is 12.7 Å². The maximum atomic E-state index is 10.5. The topological polar surface area (TPSA) is 55.8 Å². The SMILES string of the molecule is C=CC(C)Oc1ccc(OC)cc1C=CC(=O)O. The Hall–Kier alpha value is -2.23. The number of carbonyl (C=O) groups is 1. The highest BCUT2D eigenvalue weighted by Crippen LogP contribution is 2.26. The number of rotatable bonds is 6. The number of hydrogen-bond donors (Lipinski definition) is 1. The van der Waals surface area contributed by atoms with Gasteiger partial charge in [0, 0.05) is 11.6 Å². The molecule has 4 heteroatoms. The number of carboxylic acids is 1. The van der Waals surface area contributed by atoms with E-state index in [4.69, 9.17) is 14.6 Å². The molecule has 18 heavy (non-hydrogen) atoms. The van der Waals surface area contributed by atoms with Crippen LogP contribution in [0.25, 0.3) is 6.08 Å². The van der Waals surface area contributed by atoms with Crippen LogP contribution >= 0.6 is 0 Å². The number of benzene rings is 1. The molecule has 0 saturated heterocycles. The molecule has 0 saturated carbocycles. The molecule has 1 aromatic carbocycles. The second-order valence-electron chi connectivity index (χ2n) is 3.63. The Balaban J connectivity index is 3.07. The van der Waals surface area contributed by atoms with Crippen molar-refractivity contribution in [3.63, 3.8) is 0 Å². The molecule has 0 amide bonds.